The van der Waals surface area contributed by atoms with Gasteiger partial charge in [0.25, 0.3) is 5.91 Å². The van der Waals surface area contributed by atoms with Gasteiger partial charge in [-0.1, -0.05) is 24.3 Å². The zero-order chi connectivity index (χ0) is 26.4. The summed E-state index contributed by atoms with van der Waals surface area (Å²) in [6.45, 7) is 9.48. The van der Waals surface area contributed by atoms with Crippen LogP contribution in [0.15, 0.2) is 42.5 Å². The van der Waals surface area contributed by atoms with Gasteiger partial charge in [-0.25, -0.2) is 4.98 Å². The number of nitrogens with zero attached hydrogens (tertiary/aromatic N) is 5. The fourth-order valence-electron chi connectivity index (χ4n) is 5.35. The Morgan fingerprint density at radius 1 is 0.846 bits per heavy atom. The molecular weight excluding hydrogens is 496 g/mol. The second kappa shape index (κ2) is 12.1. The van der Waals surface area contributed by atoms with Crippen LogP contribution in [0.1, 0.15) is 23.3 Å². The predicted molar refractivity (Wildman–Crippen MR) is 151 cm³/mol. The van der Waals surface area contributed by atoms with Crippen LogP contribution < -0.4 is 19.9 Å². The van der Waals surface area contributed by atoms with E-state index in [1.807, 2.05) is 36.4 Å². The molecule has 4 heterocycles. The molecule has 0 aliphatic carbocycles. The first-order chi connectivity index (χ1) is 19.2. The molecule has 3 aliphatic rings. The molecule has 39 heavy (non-hydrogen) atoms. The maximum absolute atomic E-state index is 13.6. The van der Waals surface area contributed by atoms with Crippen LogP contribution in [0, 0.1) is 0 Å². The van der Waals surface area contributed by atoms with Gasteiger partial charge in [-0.2, -0.15) is 4.98 Å². The van der Waals surface area contributed by atoms with E-state index in [1.54, 1.807) is 6.07 Å². The normalized spacial score (nSPS) is 18.5. The van der Waals surface area contributed by atoms with Crippen LogP contribution in [0.5, 0.6) is 5.75 Å². The van der Waals surface area contributed by atoms with Crippen molar-refractivity contribution in [1.29, 1.82) is 0 Å². The molecule has 1 amide bonds. The number of nitrogens with one attached hydrogen (secondary N) is 1. The van der Waals surface area contributed by atoms with E-state index in [4.69, 9.17) is 24.2 Å². The lowest BCUT2D eigenvalue weighted by atomic mass is 10.1. The molecule has 1 N–H and O–H groups in total. The highest BCUT2D eigenvalue weighted by atomic mass is 16.5. The van der Waals surface area contributed by atoms with Gasteiger partial charge in [0.2, 0.25) is 5.95 Å². The number of hydrogen-bond acceptors (Lipinski definition) is 9. The van der Waals surface area contributed by atoms with Crippen LogP contribution in [0.4, 0.5) is 17.5 Å². The molecule has 3 aliphatic heterocycles. The largest absolute Gasteiger partial charge is 0.492 e. The van der Waals surface area contributed by atoms with Crippen molar-refractivity contribution >= 4 is 34.1 Å². The number of aromatic nitrogens is 2. The minimum Gasteiger partial charge on any atom is -0.492 e. The molecule has 0 spiro atoms. The Bertz CT molecular complexity index is 1290. The van der Waals surface area contributed by atoms with Crippen LogP contribution in [0.25, 0.3) is 10.8 Å². The number of hydrogen-bond donors (Lipinski definition) is 1. The molecule has 206 valence electrons. The Balaban J connectivity index is 1.22. The number of amides is 1. The van der Waals surface area contributed by atoms with Crippen molar-refractivity contribution in [3.63, 3.8) is 0 Å². The standard InChI is InChI=1S/C29H36N6O4/c36-28(25-21-27(34-14-18-38-19-15-34)32-29(31-25)35-9-3-4-10-35)30-24-7-8-26(23-6-2-1-5-22(23)24)39-20-13-33-11-16-37-17-12-33/h1-2,5-8,21H,3-4,9-20H2,(H,30,36). The van der Waals surface area contributed by atoms with Crippen LogP contribution in [0.3, 0.4) is 0 Å². The Morgan fingerprint density at radius 3 is 2.33 bits per heavy atom. The molecule has 6 rings (SSSR count). The first-order valence-electron chi connectivity index (χ1n) is 14.0. The topological polar surface area (TPSA) is 92.3 Å². The summed E-state index contributed by atoms with van der Waals surface area (Å²) in [5.74, 6) is 1.95. The Kier molecular flexibility index (Phi) is 8.03. The molecule has 10 nitrogen and oxygen atoms in total. The predicted octanol–water partition coefficient (Wildman–Crippen LogP) is 3.03. The fraction of sp³-hybridized carbons (Fsp3) is 0.483. The number of rotatable bonds is 8. The van der Waals surface area contributed by atoms with Gasteiger partial charge in [0, 0.05) is 68.3 Å². The summed E-state index contributed by atoms with van der Waals surface area (Å²) in [5, 5.41) is 5.01. The Morgan fingerprint density at radius 2 is 1.56 bits per heavy atom. The van der Waals surface area contributed by atoms with Gasteiger partial charge < -0.3 is 29.3 Å². The summed E-state index contributed by atoms with van der Waals surface area (Å²) < 4.78 is 17.1. The van der Waals surface area contributed by atoms with Gasteiger partial charge in [-0.3, -0.25) is 9.69 Å². The lowest BCUT2D eigenvalue weighted by Gasteiger charge is -2.29. The molecule has 0 bridgehead atoms. The van der Waals surface area contributed by atoms with Gasteiger partial charge in [0.05, 0.1) is 26.4 Å². The lowest BCUT2D eigenvalue weighted by molar-refractivity contribution is 0.0323. The second-order valence-corrected chi connectivity index (χ2v) is 10.1. The molecule has 3 fully saturated rings. The van der Waals surface area contributed by atoms with E-state index in [0.29, 0.717) is 31.5 Å². The third-order valence-electron chi connectivity index (χ3n) is 7.56. The first kappa shape index (κ1) is 25.8. The van der Waals surface area contributed by atoms with Crippen molar-refractivity contribution in [2.24, 2.45) is 0 Å². The van der Waals surface area contributed by atoms with Crippen LogP contribution in [0.2, 0.25) is 0 Å². The van der Waals surface area contributed by atoms with Crippen LogP contribution in [-0.2, 0) is 9.47 Å². The number of benzene rings is 2. The molecule has 1 aromatic heterocycles. The van der Waals surface area contributed by atoms with E-state index in [0.717, 1.165) is 99.9 Å². The average molecular weight is 533 g/mol. The lowest BCUT2D eigenvalue weighted by Crippen LogP contribution is -2.38. The SMILES string of the molecule is O=C(Nc1ccc(OCCN2CCOCC2)c2ccccc12)c1cc(N2CCOCC2)nc(N2CCCC2)n1. The van der Waals surface area contributed by atoms with E-state index in [2.05, 4.69) is 20.0 Å². The minimum atomic E-state index is -0.251. The number of ether oxygens (including phenoxy) is 3. The van der Waals surface area contributed by atoms with E-state index in [-0.39, 0.29) is 5.91 Å². The van der Waals surface area contributed by atoms with Gasteiger partial charge >= 0.3 is 0 Å². The van der Waals surface area contributed by atoms with Crippen molar-refractivity contribution in [1.82, 2.24) is 14.9 Å². The molecular formula is C29H36N6O4. The number of carbonyl (C=O) groups is 1. The number of fused-ring (bicyclic) bond motifs is 1. The van der Waals surface area contributed by atoms with Crippen LogP contribution >= 0.6 is 0 Å². The molecule has 3 aromatic rings. The first-order valence-corrected chi connectivity index (χ1v) is 14.0. The molecule has 3 saturated heterocycles. The van der Waals surface area contributed by atoms with E-state index in [9.17, 15) is 4.79 Å². The number of anilines is 3. The van der Waals surface area contributed by atoms with E-state index < -0.39 is 0 Å². The average Bonchev–Trinajstić information content (AvgIpc) is 3.54. The van der Waals surface area contributed by atoms with Crippen molar-refractivity contribution < 1.29 is 19.0 Å². The van der Waals surface area contributed by atoms with E-state index >= 15 is 0 Å². The van der Waals surface area contributed by atoms with Crippen LogP contribution in [-0.4, -0.2) is 99.6 Å². The quantitative estimate of drug-likeness (QED) is 0.470. The van der Waals surface area contributed by atoms with Crippen molar-refractivity contribution in [2.75, 3.05) is 94.0 Å². The summed E-state index contributed by atoms with van der Waals surface area (Å²) in [6.07, 6.45) is 2.22. The van der Waals surface area contributed by atoms with Gasteiger partial charge in [0.1, 0.15) is 23.9 Å². The van der Waals surface area contributed by atoms with E-state index in [1.165, 1.54) is 0 Å². The Hall–Kier alpha value is -3.47. The maximum Gasteiger partial charge on any atom is 0.274 e. The summed E-state index contributed by atoms with van der Waals surface area (Å²) in [7, 11) is 0. The zero-order valence-corrected chi connectivity index (χ0v) is 22.3. The zero-order valence-electron chi connectivity index (χ0n) is 22.3. The maximum atomic E-state index is 13.6. The molecule has 0 atom stereocenters. The van der Waals surface area contributed by atoms with Gasteiger partial charge in [0.15, 0.2) is 0 Å². The van der Waals surface area contributed by atoms with Crippen molar-refractivity contribution in [2.45, 2.75) is 12.8 Å². The highest BCUT2D eigenvalue weighted by molar-refractivity contribution is 6.09. The molecule has 10 heteroatoms. The van der Waals surface area contributed by atoms with Crippen molar-refractivity contribution in [3.8, 4) is 5.75 Å². The summed E-state index contributed by atoms with van der Waals surface area (Å²) in [4.78, 5) is 29.8. The number of morpholine rings is 2. The summed E-state index contributed by atoms with van der Waals surface area (Å²) in [5.41, 5.74) is 1.09. The van der Waals surface area contributed by atoms with Gasteiger partial charge in [-0.15, -0.1) is 0 Å². The monoisotopic (exact) mass is 532 g/mol. The molecule has 0 radical (unpaired) electrons. The molecule has 2 aromatic carbocycles. The third kappa shape index (κ3) is 6.08. The third-order valence-corrected chi connectivity index (χ3v) is 7.56. The molecule has 0 unspecified atom stereocenters. The summed E-state index contributed by atoms with van der Waals surface area (Å²) >= 11 is 0. The highest BCUT2D eigenvalue weighted by Crippen LogP contribution is 2.32. The Labute approximate surface area is 228 Å². The highest BCUT2D eigenvalue weighted by Gasteiger charge is 2.23. The van der Waals surface area contributed by atoms with Crippen molar-refractivity contribution in [3.05, 3.63) is 48.2 Å². The molecule has 0 saturated carbocycles. The smallest absolute Gasteiger partial charge is 0.274 e. The fourth-order valence-corrected chi connectivity index (χ4v) is 5.35. The second-order valence-electron chi connectivity index (χ2n) is 10.1. The summed E-state index contributed by atoms with van der Waals surface area (Å²) in [6, 6.07) is 13.6. The van der Waals surface area contributed by atoms with Gasteiger partial charge in [-0.05, 0) is 25.0 Å². The minimum absolute atomic E-state index is 0.251. The number of carbonyl (C=O) groups excluding carboxylic acids is 1.